The number of hydrogen-bond donors (Lipinski definition) is 1. The Morgan fingerprint density at radius 1 is 0.935 bits per heavy atom. The Labute approximate surface area is 180 Å². The fourth-order valence-electron chi connectivity index (χ4n) is 3.69. The molecule has 0 unspecified atom stereocenters. The minimum Gasteiger partial charge on any atom is -0.452 e. The maximum absolute atomic E-state index is 12.2. The van der Waals surface area contributed by atoms with Crippen molar-refractivity contribution in [1.82, 2.24) is 0 Å². The Morgan fingerprint density at radius 3 is 2.26 bits per heavy atom. The largest absolute Gasteiger partial charge is 0.452 e. The molecule has 2 saturated heterocycles. The van der Waals surface area contributed by atoms with Crippen LogP contribution in [0.1, 0.15) is 23.2 Å². The van der Waals surface area contributed by atoms with E-state index in [9.17, 15) is 14.4 Å². The summed E-state index contributed by atoms with van der Waals surface area (Å²) in [7, 11) is 0. The van der Waals surface area contributed by atoms with Crippen LogP contribution in [0.15, 0.2) is 48.5 Å². The van der Waals surface area contributed by atoms with Gasteiger partial charge in [0.15, 0.2) is 6.61 Å². The number of nitrogens with zero attached hydrogens (tertiary/aromatic N) is 2. The summed E-state index contributed by atoms with van der Waals surface area (Å²) >= 11 is 0. The van der Waals surface area contributed by atoms with Gasteiger partial charge in [-0.3, -0.25) is 9.59 Å². The van der Waals surface area contributed by atoms with Gasteiger partial charge in [-0.15, -0.1) is 0 Å². The lowest BCUT2D eigenvalue weighted by molar-refractivity contribution is -0.119. The smallest absolute Gasteiger partial charge is 0.338 e. The van der Waals surface area contributed by atoms with Crippen LogP contribution in [-0.2, 0) is 19.1 Å². The fraction of sp³-hybridized carbons (Fsp3) is 0.348. The molecular formula is C23H25N3O5. The molecule has 2 fully saturated rings. The second-order valence-corrected chi connectivity index (χ2v) is 7.47. The van der Waals surface area contributed by atoms with Gasteiger partial charge in [0.2, 0.25) is 5.91 Å². The number of benzene rings is 2. The Morgan fingerprint density at radius 2 is 1.61 bits per heavy atom. The first-order valence-corrected chi connectivity index (χ1v) is 10.4. The van der Waals surface area contributed by atoms with Gasteiger partial charge in [0.05, 0.1) is 18.8 Å². The molecule has 2 amide bonds. The van der Waals surface area contributed by atoms with E-state index in [4.69, 9.17) is 9.47 Å². The number of anilines is 3. The van der Waals surface area contributed by atoms with E-state index in [2.05, 4.69) is 10.2 Å². The third-order valence-electron chi connectivity index (χ3n) is 5.35. The van der Waals surface area contributed by atoms with E-state index in [0.717, 1.165) is 30.9 Å². The second-order valence-electron chi connectivity index (χ2n) is 7.47. The van der Waals surface area contributed by atoms with Crippen molar-refractivity contribution in [2.45, 2.75) is 12.8 Å². The van der Waals surface area contributed by atoms with Crippen LogP contribution in [0.25, 0.3) is 0 Å². The third kappa shape index (κ3) is 5.21. The van der Waals surface area contributed by atoms with Gasteiger partial charge in [-0.2, -0.15) is 0 Å². The summed E-state index contributed by atoms with van der Waals surface area (Å²) < 4.78 is 10.5. The van der Waals surface area contributed by atoms with E-state index < -0.39 is 11.9 Å². The van der Waals surface area contributed by atoms with Crippen molar-refractivity contribution in [3.8, 4) is 0 Å². The molecule has 0 aromatic heterocycles. The number of rotatable bonds is 6. The third-order valence-corrected chi connectivity index (χ3v) is 5.35. The lowest BCUT2D eigenvalue weighted by Gasteiger charge is -2.28. The number of esters is 1. The van der Waals surface area contributed by atoms with Gasteiger partial charge in [0.1, 0.15) is 0 Å². The number of amides is 2. The van der Waals surface area contributed by atoms with Crippen LogP contribution >= 0.6 is 0 Å². The minimum atomic E-state index is -0.586. The van der Waals surface area contributed by atoms with Crippen LogP contribution in [0, 0.1) is 0 Å². The van der Waals surface area contributed by atoms with E-state index in [1.165, 1.54) is 0 Å². The van der Waals surface area contributed by atoms with Gasteiger partial charge in [-0.25, -0.2) is 4.79 Å². The van der Waals surface area contributed by atoms with Crippen LogP contribution in [-0.4, -0.2) is 57.2 Å². The fourth-order valence-corrected chi connectivity index (χ4v) is 3.69. The summed E-state index contributed by atoms with van der Waals surface area (Å²) in [6.07, 6.45) is 1.39. The van der Waals surface area contributed by atoms with Gasteiger partial charge >= 0.3 is 5.97 Å². The molecule has 0 spiro atoms. The van der Waals surface area contributed by atoms with Crippen LogP contribution in [0.5, 0.6) is 0 Å². The zero-order valence-corrected chi connectivity index (χ0v) is 17.2. The van der Waals surface area contributed by atoms with E-state index in [1.807, 2.05) is 24.3 Å². The summed E-state index contributed by atoms with van der Waals surface area (Å²) in [6, 6.07) is 14.2. The topological polar surface area (TPSA) is 88.2 Å². The summed E-state index contributed by atoms with van der Waals surface area (Å²) in [4.78, 5) is 40.1. The number of hydrogen-bond acceptors (Lipinski definition) is 6. The molecule has 8 nitrogen and oxygen atoms in total. The Balaban J connectivity index is 1.25. The Kier molecular flexibility index (Phi) is 6.47. The molecule has 8 heteroatoms. The highest BCUT2D eigenvalue weighted by Gasteiger charge is 2.22. The van der Waals surface area contributed by atoms with Gasteiger partial charge < -0.3 is 24.6 Å². The molecule has 4 rings (SSSR count). The van der Waals surface area contributed by atoms with Crippen molar-refractivity contribution in [2.75, 3.05) is 54.6 Å². The van der Waals surface area contributed by atoms with Gasteiger partial charge in [-0.1, -0.05) is 0 Å². The quantitative estimate of drug-likeness (QED) is 0.718. The molecule has 31 heavy (non-hydrogen) atoms. The average Bonchev–Trinajstić information content (AvgIpc) is 3.24. The normalized spacial score (nSPS) is 16.3. The molecule has 0 radical (unpaired) electrons. The minimum absolute atomic E-state index is 0.0879. The number of ether oxygens (including phenoxy) is 2. The summed E-state index contributed by atoms with van der Waals surface area (Å²) in [5.74, 6) is -0.908. The molecule has 162 valence electrons. The van der Waals surface area contributed by atoms with E-state index in [-0.39, 0.29) is 12.5 Å². The zero-order chi connectivity index (χ0) is 21.6. The summed E-state index contributed by atoms with van der Waals surface area (Å²) in [6.45, 7) is 3.42. The van der Waals surface area contributed by atoms with Crippen LogP contribution in [0.4, 0.5) is 17.1 Å². The van der Waals surface area contributed by atoms with Crippen molar-refractivity contribution in [3.63, 3.8) is 0 Å². The molecule has 2 aliphatic heterocycles. The average molecular weight is 423 g/mol. The zero-order valence-electron chi connectivity index (χ0n) is 17.2. The number of carbonyl (C=O) groups is 3. The van der Waals surface area contributed by atoms with Crippen molar-refractivity contribution >= 4 is 34.8 Å². The molecule has 2 aromatic rings. The highest BCUT2D eigenvalue weighted by Crippen LogP contribution is 2.22. The SMILES string of the molecule is O=C(COC(=O)c1ccc(N2CCCC2=O)cc1)Nc1ccc(N2CCOCC2)cc1. The van der Waals surface area contributed by atoms with Gasteiger partial charge in [0.25, 0.3) is 5.91 Å². The number of carbonyl (C=O) groups excluding carboxylic acids is 3. The lowest BCUT2D eigenvalue weighted by atomic mass is 10.2. The molecule has 2 heterocycles. The number of nitrogens with one attached hydrogen (secondary N) is 1. The van der Waals surface area contributed by atoms with Crippen molar-refractivity contribution in [1.29, 1.82) is 0 Å². The first kappa shape index (κ1) is 20.9. The lowest BCUT2D eigenvalue weighted by Crippen LogP contribution is -2.36. The monoisotopic (exact) mass is 423 g/mol. The maximum Gasteiger partial charge on any atom is 0.338 e. The predicted molar refractivity (Wildman–Crippen MR) is 116 cm³/mol. The van der Waals surface area contributed by atoms with E-state index in [1.54, 1.807) is 29.2 Å². The Bertz CT molecular complexity index is 937. The summed E-state index contributed by atoms with van der Waals surface area (Å²) in [5, 5.41) is 2.73. The number of morpholine rings is 1. The standard InChI is InChI=1S/C23H25N3O5/c27-21(24-18-5-9-19(10-6-18)25-12-14-30-15-13-25)16-31-23(29)17-3-7-20(8-4-17)26-11-1-2-22(26)28/h3-10H,1-2,11-16H2,(H,24,27). The first-order valence-electron chi connectivity index (χ1n) is 10.4. The second kappa shape index (κ2) is 9.61. The first-order chi connectivity index (χ1) is 15.1. The van der Waals surface area contributed by atoms with Crippen LogP contribution in [0.3, 0.4) is 0 Å². The van der Waals surface area contributed by atoms with Gasteiger partial charge in [-0.05, 0) is 55.0 Å². The molecule has 0 saturated carbocycles. The van der Waals surface area contributed by atoms with Crippen molar-refractivity contribution < 1.29 is 23.9 Å². The maximum atomic E-state index is 12.2. The molecule has 1 N–H and O–H groups in total. The van der Waals surface area contributed by atoms with Crippen LogP contribution in [0.2, 0.25) is 0 Å². The summed E-state index contributed by atoms with van der Waals surface area (Å²) in [5.41, 5.74) is 2.81. The van der Waals surface area contributed by atoms with Crippen molar-refractivity contribution in [2.24, 2.45) is 0 Å². The van der Waals surface area contributed by atoms with E-state index >= 15 is 0 Å². The highest BCUT2D eigenvalue weighted by atomic mass is 16.5. The molecule has 0 aliphatic carbocycles. The van der Waals surface area contributed by atoms with E-state index in [0.29, 0.717) is 37.4 Å². The van der Waals surface area contributed by atoms with Crippen LogP contribution < -0.4 is 15.1 Å². The van der Waals surface area contributed by atoms with Crippen molar-refractivity contribution in [3.05, 3.63) is 54.1 Å². The molecule has 2 aliphatic rings. The molecular weight excluding hydrogens is 398 g/mol. The predicted octanol–water partition coefficient (Wildman–Crippen LogP) is 2.45. The molecule has 2 aromatic carbocycles. The Hall–Kier alpha value is -3.39. The molecule has 0 atom stereocenters. The highest BCUT2D eigenvalue weighted by molar-refractivity contribution is 5.97. The van der Waals surface area contributed by atoms with Gasteiger partial charge in [0, 0.05) is 43.1 Å². The molecule has 0 bridgehead atoms.